The molecule has 2 aliphatic rings. The molecular weight excluding hydrogens is 250 g/mol. The van der Waals surface area contributed by atoms with Crippen molar-refractivity contribution in [2.75, 3.05) is 20.8 Å². The van der Waals surface area contributed by atoms with Crippen molar-refractivity contribution >= 4 is 11.9 Å². The first-order chi connectivity index (χ1) is 9.79. The summed E-state index contributed by atoms with van der Waals surface area (Å²) in [6.45, 7) is 0.723. The highest BCUT2D eigenvalue weighted by molar-refractivity contribution is 6.17. The molecule has 1 aliphatic heterocycles. The Kier molecular flexibility index (Phi) is 3.54. The van der Waals surface area contributed by atoms with Gasteiger partial charge in [-0.05, 0) is 17.9 Å². The van der Waals surface area contributed by atoms with Crippen molar-refractivity contribution in [2.45, 2.75) is 18.8 Å². The maximum atomic E-state index is 5.02. The van der Waals surface area contributed by atoms with Gasteiger partial charge in [-0.25, -0.2) is 0 Å². The molecule has 1 aliphatic carbocycles. The van der Waals surface area contributed by atoms with Gasteiger partial charge in [0.15, 0.2) is 0 Å². The van der Waals surface area contributed by atoms with E-state index in [1.54, 1.807) is 7.11 Å². The highest BCUT2D eigenvalue weighted by atomic mass is 16.6. The number of allylic oxidation sites excluding steroid dienone is 2. The zero-order valence-electron chi connectivity index (χ0n) is 11.9. The molecular formula is C16H19N3O. The van der Waals surface area contributed by atoms with Crippen LogP contribution in [0.3, 0.4) is 0 Å². The van der Waals surface area contributed by atoms with Crippen LogP contribution >= 0.6 is 0 Å². The van der Waals surface area contributed by atoms with Gasteiger partial charge in [-0.15, -0.1) is 0 Å². The molecule has 0 saturated heterocycles. The highest BCUT2D eigenvalue weighted by Crippen LogP contribution is 2.36. The minimum Gasteiger partial charge on any atom is -0.399 e. The van der Waals surface area contributed by atoms with Crippen molar-refractivity contribution in [1.29, 1.82) is 0 Å². The number of aliphatic imine (C=N–C) groups is 1. The molecule has 0 bridgehead atoms. The first-order valence-corrected chi connectivity index (χ1v) is 6.89. The normalized spacial score (nSPS) is 24.0. The SMILES string of the molecule is CON=C1CC(c2ccccc2)CC2=C1C=NCN2C. The van der Waals surface area contributed by atoms with E-state index >= 15 is 0 Å². The van der Waals surface area contributed by atoms with Crippen molar-refractivity contribution in [2.24, 2.45) is 10.1 Å². The van der Waals surface area contributed by atoms with E-state index in [1.165, 1.54) is 11.3 Å². The average molecular weight is 269 g/mol. The molecule has 4 nitrogen and oxygen atoms in total. The zero-order valence-corrected chi connectivity index (χ0v) is 11.9. The van der Waals surface area contributed by atoms with Crippen molar-refractivity contribution in [1.82, 2.24) is 4.90 Å². The van der Waals surface area contributed by atoms with Gasteiger partial charge in [0.25, 0.3) is 0 Å². The first kappa shape index (κ1) is 12.9. The minimum atomic E-state index is 0.456. The lowest BCUT2D eigenvalue weighted by atomic mass is 9.81. The molecule has 0 spiro atoms. The summed E-state index contributed by atoms with van der Waals surface area (Å²) in [4.78, 5) is 11.6. The quantitative estimate of drug-likeness (QED) is 0.774. The van der Waals surface area contributed by atoms with Crippen LogP contribution in [0.1, 0.15) is 24.3 Å². The van der Waals surface area contributed by atoms with E-state index in [-0.39, 0.29) is 0 Å². The van der Waals surface area contributed by atoms with Crippen LogP contribution in [0.15, 0.2) is 51.8 Å². The maximum Gasteiger partial charge on any atom is 0.109 e. The van der Waals surface area contributed by atoms with Crippen LogP contribution in [-0.4, -0.2) is 37.7 Å². The van der Waals surface area contributed by atoms with Crippen LogP contribution in [-0.2, 0) is 4.84 Å². The Bertz CT molecular complexity index is 575. The summed E-state index contributed by atoms with van der Waals surface area (Å²) in [6.07, 6.45) is 3.87. The summed E-state index contributed by atoms with van der Waals surface area (Å²) in [7, 11) is 3.69. The Hall–Kier alpha value is -2.10. The third-order valence-electron chi connectivity index (χ3n) is 3.95. The monoisotopic (exact) mass is 269 g/mol. The van der Waals surface area contributed by atoms with E-state index < -0.39 is 0 Å². The Balaban J connectivity index is 1.98. The van der Waals surface area contributed by atoms with Crippen LogP contribution in [0, 0.1) is 0 Å². The van der Waals surface area contributed by atoms with Crippen LogP contribution in [0.2, 0.25) is 0 Å². The molecule has 1 aromatic carbocycles. The molecule has 1 aromatic rings. The van der Waals surface area contributed by atoms with Crippen LogP contribution in [0.5, 0.6) is 0 Å². The average Bonchev–Trinajstić information content (AvgIpc) is 2.49. The lowest BCUT2D eigenvalue weighted by Gasteiger charge is -2.34. The van der Waals surface area contributed by atoms with E-state index in [2.05, 4.69) is 52.4 Å². The number of nitrogens with zero attached hydrogens (tertiary/aromatic N) is 3. The second-order valence-electron chi connectivity index (χ2n) is 5.25. The van der Waals surface area contributed by atoms with Crippen molar-refractivity contribution < 1.29 is 4.84 Å². The highest BCUT2D eigenvalue weighted by Gasteiger charge is 2.30. The molecule has 4 heteroatoms. The van der Waals surface area contributed by atoms with E-state index in [9.17, 15) is 0 Å². The zero-order chi connectivity index (χ0) is 13.9. The van der Waals surface area contributed by atoms with Gasteiger partial charge < -0.3 is 9.74 Å². The van der Waals surface area contributed by atoms with Gasteiger partial charge in [-0.3, -0.25) is 4.99 Å². The smallest absolute Gasteiger partial charge is 0.109 e. The molecule has 20 heavy (non-hydrogen) atoms. The van der Waals surface area contributed by atoms with Gasteiger partial charge in [0.1, 0.15) is 13.8 Å². The Morgan fingerprint density at radius 3 is 2.80 bits per heavy atom. The largest absolute Gasteiger partial charge is 0.399 e. The number of oxime groups is 1. The standard InChI is InChI=1S/C16H19N3O/c1-19-11-17-10-14-15(18-20-2)8-13(9-16(14)19)12-6-4-3-5-7-12/h3-7,10,13H,8-9,11H2,1-2H3. The Labute approximate surface area is 119 Å². The summed E-state index contributed by atoms with van der Waals surface area (Å²) >= 11 is 0. The third kappa shape index (κ3) is 2.33. The molecule has 0 radical (unpaired) electrons. The second-order valence-corrected chi connectivity index (χ2v) is 5.25. The summed E-state index contributed by atoms with van der Waals surface area (Å²) < 4.78 is 0. The molecule has 0 amide bonds. The van der Waals surface area contributed by atoms with E-state index in [4.69, 9.17) is 4.84 Å². The lowest BCUT2D eigenvalue weighted by molar-refractivity contribution is 0.212. The fraction of sp³-hybridized carbons (Fsp3) is 0.375. The van der Waals surface area contributed by atoms with Gasteiger partial charge in [-0.2, -0.15) is 0 Å². The van der Waals surface area contributed by atoms with Crippen molar-refractivity contribution in [3.05, 3.63) is 47.2 Å². The van der Waals surface area contributed by atoms with E-state index in [1.807, 2.05) is 6.21 Å². The predicted molar refractivity (Wildman–Crippen MR) is 81.0 cm³/mol. The van der Waals surface area contributed by atoms with Gasteiger partial charge in [-0.1, -0.05) is 35.5 Å². The molecule has 104 valence electrons. The molecule has 1 heterocycles. The van der Waals surface area contributed by atoms with Gasteiger partial charge in [0.05, 0.1) is 5.71 Å². The third-order valence-corrected chi connectivity index (χ3v) is 3.95. The van der Waals surface area contributed by atoms with Crippen molar-refractivity contribution in [3.8, 4) is 0 Å². The fourth-order valence-electron chi connectivity index (χ4n) is 2.93. The number of rotatable bonds is 2. The summed E-state index contributed by atoms with van der Waals surface area (Å²) in [5.41, 5.74) is 4.81. The topological polar surface area (TPSA) is 37.2 Å². The van der Waals surface area contributed by atoms with Gasteiger partial charge in [0.2, 0.25) is 0 Å². The molecule has 0 aromatic heterocycles. The van der Waals surface area contributed by atoms with Gasteiger partial charge in [0, 0.05) is 31.0 Å². The molecule has 1 atom stereocenters. The van der Waals surface area contributed by atoms with Crippen LogP contribution in [0.25, 0.3) is 0 Å². The summed E-state index contributed by atoms with van der Waals surface area (Å²) in [6, 6.07) is 10.6. The predicted octanol–water partition coefficient (Wildman–Crippen LogP) is 2.79. The van der Waals surface area contributed by atoms with Crippen molar-refractivity contribution in [3.63, 3.8) is 0 Å². The molecule has 0 saturated carbocycles. The minimum absolute atomic E-state index is 0.456. The maximum absolute atomic E-state index is 5.02. The number of hydrogen-bond acceptors (Lipinski definition) is 4. The Morgan fingerprint density at radius 2 is 2.05 bits per heavy atom. The van der Waals surface area contributed by atoms with E-state index in [0.29, 0.717) is 5.92 Å². The fourth-order valence-corrected chi connectivity index (χ4v) is 2.93. The van der Waals surface area contributed by atoms with Crippen LogP contribution < -0.4 is 0 Å². The molecule has 0 N–H and O–H groups in total. The summed E-state index contributed by atoms with van der Waals surface area (Å²) in [5, 5.41) is 4.22. The molecule has 3 rings (SSSR count). The lowest BCUT2D eigenvalue weighted by Crippen LogP contribution is -2.31. The number of benzene rings is 1. The second kappa shape index (κ2) is 5.49. The Morgan fingerprint density at radius 1 is 1.25 bits per heavy atom. The molecule has 0 fully saturated rings. The molecule has 1 unspecified atom stereocenters. The number of hydrogen-bond donors (Lipinski definition) is 0. The van der Waals surface area contributed by atoms with Gasteiger partial charge >= 0.3 is 0 Å². The van der Waals surface area contributed by atoms with Crippen LogP contribution in [0.4, 0.5) is 0 Å². The van der Waals surface area contributed by atoms with E-state index in [0.717, 1.165) is 30.8 Å². The summed E-state index contributed by atoms with van der Waals surface area (Å²) in [5.74, 6) is 0.456. The first-order valence-electron chi connectivity index (χ1n) is 6.89.